The summed E-state index contributed by atoms with van der Waals surface area (Å²) in [6.45, 7) is 1.49. The highest BCUT2D eigenvalue weighted by Gasteiger charge is 2.10. The Morgan fingerprint density at radius 2 is 1.64 bits per heavy atom. The predicted octanol–water partition coefficient (Wildman–Crippen LogP) is 5.96. The van der Waals surface area contributed by atoms with Crippen molar-refractivity contribution in [2.24, 2.45) is 0 Å². The number of amides is 1. The molecule has 0 bridgehead atoms. The number of rotatable bonds is 10. The van der Waals surface area contributed by atoms with E-state index in [0.717, 1.165) is 22.3 Å². The van der Waals surface area contributed by atoms with E-state index in [0.29, 0.717) is 49.3 Å². The Morgan fingerprint density at radius 3 is 2.42 bits per heavy atom. The molecule has 5 nitrogen and oxygen atoms in total. The molecule has 1 heterocycles. The smallest absolute Gasteiger partial charge is 0.220 e. The zero-order valence-corrected chi connectivity index (χ0v) is 18.9. The average Bonchev–Trinajstić information content (AvgIpc) is 3.32. The van der Waals surface area contributed by atoms with Crippen LogP contribution in [0.25, 0.3) is 11.3 Å². The van der Waals surface area contributed by atoms with Gasteiger partial charge in [-0.3, -0.25) is 4.79 Å². The molecule has 0 radical (unpaired) electrons. The van der Waals surface area contributed by atoms with Gasteiger partial charge in [0.25, 0.3) is 0 Å². The van der Waals surface area contributed by atoms with Crippen LogP contribution in [-0.4, -0.2) is 10.9 Å². The molecule has 1 amide bonds. The van der Waals surface area contributed by atoms with Crippen molar-refractivity contribution in [2.45, 2.75) is 32.6 Å². The Labute approximate surface area is 198 Å². The first-order chi connectivity index (χ1) is 16.2. The lowest BCUT2D eigenvalue weighted by Gasteiger charge is -2.11. The van der Waals surface area contributed by atoms with Crippen molar-refractivity contribution in [3.8, 4) is 11.3 Å². The predicted molar refractivity (Wildman–Crippen MR) is 128 cm³/mol. The van der Waals surface area contributed by atoms with Gasteiger partial charge in [0, 0.05) is 30.0 Å². The van der Waals surface area contributed by atoms with E-state index in [1.807, 2.05) is 66.7 Å². The Balaban J connectivity index is 1.24. The summed E-state index contributed by atoms with van der Waals surface area (Å²) in [6, 6.07) is 25.4. The number of aryl methyl sites for hydroxylation is 1. The third-order valence-corrected chi connectivity index (χ3v) is 5.46. The first-order valence-corrected chi connectivity index (χ1v) is 11.2. The molecule has 0 saturated heterocycles. The Morgan fingerprint density at radius 1 is 0.909 bits per heavy atom. The lowest BCUT2D eigenvalue weighted by Crippen LogP contribution is -2.23. The van der Waals surface area contributed by atoms with Crippen LogP contribution in [0.1, 0.15) is 29.0 Å². The van der Waals surface area contributed by atoms with Gasteiger partial charge in [0.05, 0.1) is 19.4 Å². The van der Waals surface area contributed by atoms with Gasteiger partial charge in [0.1, 0.15) is 0 Å². The van der Waals surface area contributed by atoms with Crippen molar-refractivity contribution in [3.63, 3.8) is 0 Å². The molecule has 0 spiro atoms. The zero-order chi connectivity index (χ0) is 22.9. The molecule has 4 aromatic rings. The Bertz CT molecular complexity index is 1170. The maximum Gasteiger partial charge on any atom is 0.220 e. The molecule has 168 valence electrons. The number of halogens is 1. The van der Waals surface area contributed by atoms with Gasteiger partial charge in [-0.2, -0.15) is 0 Å². The number of nitrogens with one attached hydrogen (secondary N) is 1. The first kappa shape index (κ1) is 22.8. The fourth-order valence-corrected chi connectivity index (χ4v) is 3.53. The van der Waals surface area contributed by atoms with Gasteiger partial charge < -0.3 is 14.5 Å². The number of hydrogen-bond donors (Lipinski definition) is 1. The Kier molecular flexibility index (Phi) is 7.90. The summed E-state index contributed by atoms with van der Waals surface area (Å²) < 4.78 is 11.6. The van der Waals surface area contributed by atoms with Crippen LogP contribution in [0, 0.1) is 0 Å². The van der Waals surface area contributed by atoms with Crippen LogP contribution in [0.2, 0.25) is 5.02 Å². The molecule has 0 aliphatic carbocycles. The minimum absolute atomic E-state index is 0.0544. The van der Waals surface area contributed by atoms with E-state index in [-0.39, 0.29) is 5.91 Å². The summed E-state index contributed by atoms with van der Waals surface area (Å²) in [4.78, 5) is 16.7. The minimum atomic E-state index is -0.0544. The molecule has 1 N–H and O–H groups in total. The van der Waals surface area contributed by atoms with Crippen molar-refractivity contribution < 1.29 is 13.9 Å². The Hall–Kier alpha value is -3.41. The lowest BCUT2D eigenvalue weighted by atomic mass is 10.1. The van der Waals surface area contributed by atoms with Gasteiger partial charge in [-0.15, -0.1) is 0 Å². The molecule has 3 aromatic carbocycles. The summed E-state index contributed by atoms with van der Waals surface area (Å²) in [5.41, 5.74) is 4.14. The highest BCUT2D eigenvalue weighted by molar-refractivity contribution is 6.30. The molecule has 1 aromatic heterocycles. The first-order valence-electron chi connectivity index (χ1n) is 10.8. The van der Waals surface area contributed by atoms with Gasteiger partial charge in [-0.05, 0) is 41.0 Å². The SMILES string of the molecule is O=C(CCc1ncc(-c2ccc(Cl)cc2)o1)NCc1ccccc1COCc1ccccc1. The summed E-state index contributed by atoms with van der Waals surface area (Å²) in [6.07, 6.45) is 2.40. The second kappa shape index (κ2) is 11.5. The number of benzene rings is 3. The summed E-state index contributed by atoms with van der Waals surface area (Å²) in [5, 5.41) is 3.65. The van der Waals surface area contributed by atoms with E-state index in [1.165, 1.54) is 0 Å². The molecule has 0 atom stereocenters. The van der Waals surface area contributed by atoms with Gasteiger partial charge in [-0.1, -0.05) is 66.2 Å². The molecule has 0 saturated carbocycles. The van der Waals surface area contributed by atoms with E-state index in [1.54, 1.807) is 18.3 Å². The number of ether oxygens (including phenoxy) is 1. The number of carbonyl (C=O) groups is 1. The third-order valence-electron chi connectivity index (χ3n) is 5.21. The fourth-order valence-electron chi connectivity index (χ4n) is 3.40. The molecule has 0 fully saturated rings. The van der Waals surface area contributed by atoms with Crippen LogP contribution in [0.3, 0.4) is 0 Å². The van der Waals surface area contributed by atoms with E-state index in [2.05, 4.69) is 10.3 Å². The highest BCUT2D eigenvalue weighted by Crippen LogP contribution is 2.22. The van der Waals surface area contributed by atoms with Gasteiger partial charge in [0.2, 0.25) is 5.91 Å². The topological polar surface area (TPSA) is 64.4 Å². The third kappa shape index (κ3) is 6.78. The van der Waals surface area contributed by atoms with Gasteiger partial charge in [0.15, 0.2) is 11.7 Å². The number of hydrogen-bond acceptors (Lipinski definition) is 4. The quantitative estimate of drug-likeness (QED) is 0.317. The van der Waals surface area contributed by atoms with Crippen molar-refractivity contribution in [2.75, 3.05) is 0 Å². The monoisotopic (exact) mass is 460 g/mol. The second-order valence-electron chi connectivity index (χ2n) is 7.65. The fraction of sp³-hybridized carbons (Fsp3) is 0.185. The largest absolute Gasteiger partial charge is 0.441 e. The molecule has 0 unspecified atom stereocenters. The van der Waals surface area contributed by atoms with Crippen LogP contribution >= 0.6 is 11.6 Å². The number of oxazole rings is 1. The standard InChI is InChI=1S/C27H25ClN2O3/c28-24-12-10-21(11-13-24)25-17-30-27(33-25)15-14-26(31)29-16-22-8-4-5-9-23(22)19-32-18-20-6-2-1-3-7-20/h1-13,17H,14-16,18-19H2,(H,29,31). The van der Waals surface area contributed by atoms with Crippen LogP contribution in [0.5, 0.6) is 0 Å². The van der Waals surface area contributed by atoms with Gasteiger partial charge >= 0.3 is 0 Å². The van der Waals surface area contributed by atoms with E-state index < -0.39 is 0 Å². The van der Waals surface area contributed by atoms with E-state index in [9.17, 15) is 4.79 Å². The molecule has 0 aliphatic heterocycles. The summed E-state index contributed by atoms with van der Waals surface area (Å²) in [5.74, 6) is 1.14. The maximum absolute atomic E-state index is 12.4. The van der Waals surface area contributed by atoms with Crippen molar-refractivity contribution in [3.05, 3.63) is 113 Å². The minimum Gasteiger partial charge on any atom is -0.441 e. The van der Waals surface area contributed by atoms with Crippen molar-refractivity contribution >= 4 is 17.5 Å². The van der Waals surface area contributed by atoms with E-state index in [4.69, 9.17) is 20.8 Å². The maximum atomic E-state index is 12.4. The van der Waals surface area contributed by atoms with Crippen LogP contribution < -0.4 is 5.32 Å². The number of nitrogens with zero attached hydrogens (tertiary/aromatic N) is 1. The van der Waals surface area contributed by atoms with E-state index >= 15 is 0 Å². The van der Waals surface area contributed by atoms with Crippen LogP contribution in [0.15, 0.2) is 89.5 Å². The van der Waals surface area contributed by atoms with Crippen molar-refractivity contribution in [1.82, 2.24) is 10.3 Å². The summed E-state index contributed by atoms with van der Waals surface area (Å²) >= 11 is 5.93. The highest BCUT2D eigenvalue weighted by atomic mass is 35.5. The molecule has 0 aliphatic rings. The molecular weight excluding hydrogens is 436 g/mol. The van der Waals surface area contributed by atoms with Crippen LogP contribution in [0.4, 0.5) is 0 Å². The van der Waals surface area contributed by atoms with Gasteiger partial charge in [-0.25, -0.2) is 4.98 Å². The lowest BCUT2D eigenvalue weighted by molar-refractivity contribution is -0.121. The molecule has 6 heteroatoms. The number of carbonyl (C=O) groups excluding carboxylic acids is 1. The second-order valence-corrected chi connectivity index (χ2v) is 8.09. The van der Waals surface area contributed by atoms with Crippen molar-refractivity contribution in [1.29, 1.82) is 0 Å². The molecule has 4 rings (SSSR count). The zero-order valence-electron chi connectivity index (χ0n) is 18.2. The average molecular weight is 461 g/mol. The summed E-state index contributed by atoms with van der Waals surface area (Å²) in [7, 11) is 0. The molecule has 33 heavy (non-hydrogen) atoms. The number of aromatic nitrogens is 1. The molecular formula is C27H25ClN2O3. The normalized spacial score (nSPS) is 10.8. The van der Waals surface area contributed by atoms with Crippen LogP contribution in [-0.2, 0) is 35.7 Å².